The highest BCUT2D eigenvalue weighted by Crippen LogP contribution is 2.13. The molecule has 0 unspecified atom stereocenters. The van der Waals surface area contributed by atoms with Gasteiger partial charge in [-0.25, -0.2) is 15.0 Å². The molecule has 86 valence electrons. The third kappa shape index (κ3) is 2.84. The van der Waals surface area contributed by atoms with E-state index in [1.165, 1.54) is 0 Å². The zero-order chi connectivity index (χ0) is 12.3. The van der Waals surface area contributed by atoms with E-state index in [9.17, 15) is 4.79 Å². The van der Waals surface area contributed by atoms with Gasteiger partial charge in [-0.15, -0.1) is 0 Å². The Bertz CT molecular complexity index is 541. The Hall–Kier alpha value is -2.30. The van der Waals surface area contributed by atoms with E-state index in [4.69, 9.17) is 5.11 Å². The maximum atomic E-state index is 10.6. The van der Waals surface area contributed by atoms with Crippen molar-refractivity contribution in [3.8, 4) is 11.4 Å². The van der Waals surface area contributed by atoms with Crippen molar-refractivity contribution in [2.24, 2.45) is 0 Å². The molecule has 17 heavy (non-hydrogen) atoms. The minimum Gasteiger partial charge on any atom is -0.481 e. The van der Waals surface area contributed by atoms with Crippen LogP contribution in [0.15, 0.2) is 30.3 Å². The quantitative estimate of drug-likeness (QED) is 0.862. The van der Waals surface area contributed by atoms with Crippen LogP contribution in [0.1, 0.15) is 11.6 Å². The molecule has 0 radical (unpaired) electrons. The van der Waals surface area contributed by atoms with Gasteiger partial charge in [0.2, 0.25) is 0 Å². The van der Waals surface area contributed by atoms with Gasteiger partial charge in [0.05, 0.1) is 0 Å². The number of benzene rings is 1. The first-order valence-electron chi connectivity index (χ1n) is 5.14. The SMILES string of the molecule is Cc1nc(CC(=O)O)nc(-c2ccccc2)n1. The number of nitrogens with zero attached hydrogens (tertiary/aromatic N) is 3. The van der Waals surface area contributed by atoms with Gasteiger partial charge in [0.25, 0.3) is 0 Å². The van der Waals surface area contributed by atoms with Crippen molar-refractivity contribution in [1.82, 2.24) is 15.0 Å². The lowest BCUT2D eigenvalue weighted by Gasteiger charge is -2.03. The van der Waals surface area contributed by atoms with Crippen molar-refractivity contribution < 1.29 is 9.90 Å². The van der Waals surface area contributed by atoms with Crippen LogP contribution in [0.3, 0.4) is 0 Å². The Labute approximate surface area is 98.2 Å². The van der Waals surface area contributed by atoms with Gasteiger partial charge >= 0.3 is 5.97 Å². The number of aliphatic carboxylic acids is 1. The van der Waals surface area contributed by atoms with Crippen LogP contribution in [0, 0.1) is 6.92 Å². The first-order chi connectivity index (χ1) is 8.15. The molecule has 5 heteroatoms. The molecule has 0 fully saturated rings. The summed E-state index contributed by atoms with van der Waals surface area (Å²) in [5.41, 5.74) is 0.852. The summed E-state index contributed by atoms with van der Waals surface area (Å²) in [5.74, 6) is 0.364. The molecule has 1 N–H and O–H groups in total. The largest absolute Gasteiger partial charge is 0.481 e. The Kier molecular flexibility index (Phi) is 3.09. The number of aromatic nitrogens is 3. The number of rotatable bonds is 3. The third-order valence-corrected chi connectivity index (χ3v) is 2.13. The predicted molar refractivity (Wildman–Crippen MR) is 61.3 cm³/mol. The van der Waals surface area contributed by atoms with Crippen LogP contribution in [-0.2, 0) is 11.2 Å². The number of aryl methyl sites for hydroxylation is 1. The molecule has 0 bridgehead atoms. The minimum absolute atomic E-state index is 0.191. The number of carbonyl (C=O) groups is 1. The van der Waals surface area contributed by atoms with E-state index in [2.05, 4.69) is 15.0 Å². The molecular weight excluding hydrogens is 218 g/mol. The number of carboxylic acid groups (broad SMARTS) is 1. The van der Waals surface area contributed by atoms with Crippen LogP contribution >= 0.6 is 0 Å². The van der Waals surface area contributed by atoms with Crippen molar-refractivity contribution in [2.75, 3.05) is 0 Å². The standard InChI is InChI=1S/C12H11N3O2/c1-8-13-10(7-11(16)17)15-12(14-8)9-5-3-2-4-6-9/h2-6H,7H2,1H3,(H,16,17). The predicted octanol–water partition coefficient (Wildman–Crippen LogP) is 1.47. The average molecular weight is 229 g/mol. The highest BCUT2D eigenvalue weighted by molar-refractivity contribution is 5.69. The van der Waals surface area contributed by atoms with E-state index in [0.717, 1.165) is 5.56 Å². The lowest BCUT2D eigenvalue weighted by molar-refractivity contribution is -0.136. The van der Waals surface area contributed by atoms with Gasteiger partial charge in [-0.2, -0.15) is 0 Å². The molecule has 0 aliphatic heterocycles. The third-order valence-electron chi connectivity index (χ3n) is 2.13. The number of hydrogen-bond acceptors (Lipinski definition) is 4. The second-order valence-corrected chi connectivity index (χ2v) is 3.56. The van der Waals surface area contributed by atoms with Crippen molar-refractivity contribution in [1.29, 1.82) is 0 Å². The topological polar surface area (TPSA) is 76.0 Å². The lowest BCUT2D eigenvalue weighted by Crippen LogP contribution is -2.08. The summed E-state index contributed by atoms with van der Waals surface area (Å²) in [6, 6.07) is 9.41. The van der Waals surface area contributed by atoms with Crippen LogP contribution in [0.2, 0.25) is 0 Å². The second kappa shape index (κ2) is 4.69. The number of carboxylic acids is 1. The van der Waals surface area contributed by atoms with E-state index < -0.39 is 5.97 Å². The van der Waals surface area contributed by atoms with E-state index in [-0.39, 0.29) is 12.2 Å². The summed E-state index contributed by atoms with van der Waals surface area (Å²) in [5, 5.41) is 8.72. The van der Waals surface area contributed by atoms with E-state index in [1.807, 2.05) is 30.3 Å². The molecule has 0 aliphatic rings. The van der Waals surface area contributed by atoms with Crippen LogP contribution in [0.25, 0.3) is 11.4 Å². The van der Waals surface area contributed by atoms with Gasteiger partial charge in [-0.05, 0) is 6.92 Å². The van der Waals surface area contributed by atoms with Gasteiger partial charge < -0.3 is 5.11 Å². The van der Waals surface area contributed by atoms with Crippen LogP contribution < -0.4 is 0 Å². The van der Waals surface area contributed by atoms with E-state index >= 15 is 0 Å². The molecule has 5 nitrogen and oxygen atoms in total. The monoisotopic (exact) mass is 229 g/mol. The second-order valence-electron chi connectivity index (χ2n) is 3.56. The fourth-order valence-corrected chi connectivity index (χ4v) is 1.47. The molecule has 2 aromatic rings. The molecule has 0 saturated heterocycles. The summed E-state index contributed by atoms with van der Waals surface area (Å²) in [7, 11) is 0. The van der Waals surface area contributed by atoms with Crippen molar-refractivity contribution in [3.05, 3.63) is 42.0 Å². The summed E-state index contributed by atoms with van der Waals surface area (Å²) in [6.45, 7) is 1.72. The summed E-state index contributed by atoms with van der Waals surface area (Å²) >= 11 is 0. The summed E-state index contributed by atoms with van der Waals surface area (Å²) in [4.78, 5) is 23.0. The van der Waals surface area contributed by atoms with Crippen LogP contribution in [-0.4, -0.2) is 26.0 Å². The maximum absolute atomic E-state index is 10.6. The smallest absolute Gasteiger partial charge is 0.311 e. The maximum Gasteiger partial charge on any atom is 0.311 e. The number of hydrogen-bond donors (Lipinski definition) is 1. The van der Waals surface area contributed by atoms with Crippen molar-refractivity contribution >= 4 is 5.97 Å². The molecular formula is C12H11N3O2. The van der Waals surface area contributed by atoms with Gasteiger partial charge in [0.1, 0.15) is 18.1 Å². The van der Waals surface area contributed by atoms with Crippen molar-refractivity contribution in [3.63, 3.8) is 0 Å². The molecule has 1 aromatic heterocycles. The fraction of sp³-hybridized carbons (Fsp3) is 0.167. The Morgan fingerprint density at radius 1 is 1.18 bits per heavy atom. The Morgan fingerprint density at radius 2 is 1.88 bits per heavy atom. The summed E-state index contributed by atoms with van der Waals surface area (Å²) < 4.78 is 0. The van der Waals surface area contributed by atoms with Gasteiger partial charge in [-0.3, -0.25) is 4.79 Å². The lowest BCUT2D eigenvalue weighted by atomic mass is 10.2. The molecule has 2 rings (SSSR count). The molecule has 0 aliphatic carbocycles. The molecule has 1 aromatic carbocycles. The van der Waals surface area contributed by atoms with E-state index in [0.29, 0.717) is 11.6 Å². The molecule has 1 heterocycles. The summed E-state index contributed by atoms with van der Waals surface area (Å²) in [6.07, 6.45) is -0.191. The van der Waals surface area contributed by atoms with Gasteiger partial charge in [0.15, 0.2) is 5.82 Å². The van der Waals surface area contributed by atoms with Gasteiger partial charge in [-0.1, -0.05) is 30.3 Å². The van der Waals surface area contributed by atoms with Crippen LogP contribution in [0.4, 0.5) is 0 Å². The van der Waals surface area contributed by atoms with Crippen molar-refractivity contribution in [2.45, 2.75) is 13.3 Å². The first-order valence-corrected chi connectivity index (χ1v) is 5.14. The Morgan fingerprint density at radius 3 is 2.53 bits per heavy atom. The average Bonchev–Trinajstić information content (AvgIpc) is 2.28. The molecule has 0 saturated carbocycles. The van der Waals surface area contributed by atoms with E-state index in [1.54, 1.807) is 6.92 Å². The Balaban J connectivity index is 2.42. The normalized spacial score (nSPS) is 10.2. The zero-order valence-electron chi connectivity index (χ0n) is 9.29. The first kappa shape index (κ1) is 11.2. The minimum atomic E-state index is -0.949. The zero-order valence-corrected chi connectivity index (χ0v) is 9.29. The molecule has 0 spiro atoms. The highest BCUT2D eigenvalue weighted by atomic mass is 16.4. The van der Waals surface area contributed by atoms with Gasteiger partial charge in [0, 0.05) is 5.56 Å². The highest BCUT2D eigenvalue weighted by Gasteiger charge is 2.08. The molecule has 0 atom stereocenters. The van der Waals surface area contributed by atoms with Crippen LogP contribution in [0.5, 0.6) is 0 Å². The fourth-order valence-electron chi connectivity index (χ4n) is 1.47. The molecule has 0 amide bonds.